The molecule has 3 aromatic carbocycles. The van der Waals surface area contributed by atoms with Gasteiger partial charge in [0.1, 0.15) is 17.2 Å². The van der Waals surface area contributed by atoms with E-state index in [0.717, 1.165) is 4.31 Å². The number of thioether (sulfide) groups is 1. The number of amides is 2. The minimum Gasteiger partial charge on any atom is -0.456 e. The van der Waals surface area contributed by atoms with Crippen LogP contribution >= 0.6 is 27.7 Å². The van der Waals surface area contributed by atoms with Gasteiger partial charge in [-0.25, -0.2) is 13.9 Å². The number of carbonyl (C=O) groups excluding carboxylic acids is 2. The normalized spacial score (nSPS) is 17.9. The van der Waals surface area contributed by atoms with Crippen LogP contribution in [0.1, 0.15) is 24.2 Å². The largest absolute Gasteiger partial charge is 0.456 e. The Balaban J connectivity index is 1.50. The zero-order valence-corrected chi connectivity index (χ0v) is 23.6. The Kier molecular flexibility index (Phi) is 7.03. The average molecular weight is 619 g/mol. The first-order valence-corrected chi connectivity index (χ1v) is 14.9. The lowest BCUT2D eigenvalue weighted by Crippen LogP contribution is -2.61. The molecular weight excluding hydrogens is 594 g/mol. The van der Waals surface area contributed by atoms with Crippen LogP contribution < -0.4 is 10.8 Å². The maximum Gasteiger partial charge on any atom is 0.263 e. The average Bonchev–Trinajstić information content (AvgIpc) is 3.24. The van der Waals surface area contributed by atoms with Crippen molar-refractivity contribution in [2.24, 2.45) is 0 Å². The number of anilines is 1. The molecule has 1 aliphatic rings. The van der Waals surface area contributed by atoms with Gasteiger partial charge < -0.3 is 9.73 Å². The predicted molar refractivity (Wildman–Crippen MR) is 150 cm³/mol. The molecule has 2 heterocycles. The van der Waals surface area contributed by atoms with Crippen molar-refractivity contribution < 1.29 is 27.6 Å². The van der Waals surface area contributed by atoms with E-state index in [9.17, 15) is 23.2 Å². The predicted octanol–water partition coefficient (Wildman–Crippen LogP) is 4.99. The number of halogens is 1. The van der Waals surface area contributed by atoms with E-state index in [-0.39, 0.29) is 17.3 Å². The minimum absolute atomic E-state index is 0.0115. The van der Waals surface area contributed by atoms with Gasteiger partial charge >= 0.3 is 0 Å². The van der Waals surface area contributed by atoms with Crippen molar-refractivity contribution in [2.75, 3.05) is 17.6 Å². The molecule has 0 saturated carbocycles. The third-order valence-corrected chi connectivity index (χ3v) is 10.4. The zero-order valence-electron chi connectivity index (χ0n) is 20.4. The van der Waals surface area contributed by atoms with Crippen LogP contribution in [0.15, 0.2) is 74.4 Å². The first kappa shape index (κ1) is 26.7. The van der Waals surface area contributed by atoms with Gasteiger partial charge in [-0.1, -0.05) is 12.1 Å². The molecule has 12 heteroatoms. The summed E-state index contributed by atoms with van der Waals surface area (Å²) in [6.45, 7) is 3.68. The van der Waals surface area contributed by atoms with Crippen LogP contribution in [0.4, 0.5) is 5.69 Å². The van der Waals surface area contributed by atoms with Gasteiger partial charge in [0.25, 0.3) is 11.8 Å². The molecule has 198 valence electrons. The molecule has 1 aromatic heterocycles. The summed E-state index contributed by atoms with van der Waals surface area (Å²) < 4.78 is 34.5. The zero-order chi connectivity index (χ0) is 27.2. The standard InChI is InChI=1S/C26H24BrN3O6S2/c1-26(2)23(25(32)29-33)30(11-12-37-26)38(34,35)16-8-10-21-19(14-16)17-9-7-15(13-22(17)36-21)28-24(31)18-5-3-4-6-20(18)27/h3-10,13-14,23,33H,11-12H2,1-2H3,(H,28,31)(H,29,32). The maximum atomic E-state index is 13.7. The van der Waals surface area contributed by atoms with E-state index in [1.54, 1.807) is 61.8 Å². The van der Waals surface area contributed by atoms with Crippen molar-refractivity contribution in [2.45, 2.75) is 29.5 Å². The Labute approximate surface area is 231 Å². The van der Waals surface area contributed by atoms with E-state index in [0.29, 0.717) is 43.4 Å². The molecule has 5 rings (SSSR count). The fourth-order valence-corrected chi connectivity index (χ4v) is 8.29. The van der Waals surface area contributed by atoms with Crippen LogP contribution in [0.3, 0.4) is 0 Å². The molecule has 4 aromatic rings. The Morgan fingerprint density at radius 2 is 1.84 bits per heavy atom. The van der Waals surface area contributed by atoms with Gasteiger partial charge in [0.05, 0.1) is 10.5 Å². The molecule has 3 N–H and O–H groups in total. The number of hydrogen-bond donors (Lipinski definition) is 3. The fourth-order valence-electron chi connectivity index (χ4n) is 4.69. The molecule has 1 saturated heterocycles. The minimum atomic E-state index is -4.09. The Morgan fingerprint density at radius 3 is 2.58 bits per heavy atom. The lowest BCUT2D eigenvalue weighted by atomic mass is 10.0. The van der Waals surface area contributed by atoms with Crippen LogP contribution in [0.2, 0.25) is 0 Å². The van der Waals surface area contributed by atoms with E-state index >= 15 is 0 Å². The second kappa shape index (κ2) is 10.0. The number of hydrogen-bond acceptors (Lipinski definition) is 7. The monoisotopic (exact) mass is 617 g/mol. The molecule has 1 atom stereocenters. The Bertz CT molecular complexity index is 1690. The highest BCUT2D eigenvalue weighted by Crippen LogP contribution is 2.39. The molecule has 1 fully saturated rings. The Morgan fingerprint density at radius 1 is 1.08 bits per heavy atom. The van der Waals surface area contributed by atoms with Crippen LogP contribution in [0.25, 0.3) is 21.9 Å². The first-order valence-electron chi connectivity index (χ1n) is 11.6. The van der Waals surface area contributed by atoms with E-state index in [1.165, 1.54) is 23.9 Å². The summed E-state index contributed by atoms with van der Waals surface area (Å²) in [6.07, 6.45) is 0. The van der Waals surface area contributed by atoms with Crippen LogP contribution in [-0.2, 0) is 14.8 Å². The molecule has 0 aliphatic carbocycles. The highest BCUT2D eigenvalue weighted by Gasteiger charge is 2.48. The van der Waals surface area contributed by atoms with E-state index in [1.807, 2.05) is 6.07 Å². The van der Waals surface area contributed by atoms with E-state index in [4.69, 9.17) is 4.42 Å². The number of fused-ring (bicyclic) bond motifs is 3. The van der Waals surface area contributed by atoms with Crippen molar-refractivity contribution in [1.82, 2.24) is 9.79 Å². The number of furan rings is 1. The third kappa shape index (κ3) is 4.71. The molecule has 0 bridgehead atoms. The summed E-state index contributed by atoms with van der Waals surface area (Å²) in [4.78, 5) is 25.2. The number of benzene rings is 3. The van der Waals surface area contributed by atoms with Gasteiger partial charge in [-0.3, -0.25) is 14.8 Å². The molecular formula is C26H24BrN3O6S2. The van der Waals surface area contributed by atoms with Gasteiger partial charge in [-0.15, -0.1) is 0 Å². The molecule has 0 spiro atoms. The lowest BCUT2D eigenvalue weighted by Gasteiger charge is -2.43. The summed E-state index contributed by atoms with van der Waals surface area (Å²) >= 11 is 4.85. The van der Waals surface area contributed by atoms with Crippen molar-refractivity contribution in [3.8, 4) is 0 Å². The Hall–Kier alpha value is -2.90. The van der Waals surface area contributed by atoms with Crippen LogP contribution in [0.5, 0.6) is 0 Å². The smallest absolute Gasteiger partial charge is 0.263 e. The fraction of sp³-hybridized carbons (Fsp3) is 0.231. The number of carbonyl (C=O) groups is 2. The molecule has 1 unspecified atom stereocenters. The molecule has 2 amide bonds. The molecule has 1 aliphatic heterocycles. The molecule has 0 radical (unpaired) electrons. The third-order valence-electron chi connectivity index (χ3n) is 6.52. The summed E-state index contributed by atoms with van der Waals surface area (Å²) in [5, 5.41) is 13.4. The van der Waals surface area contributed by atoms with Gasteiger partial charge in [0.15, 0.2) is 0 Å². The number of nitrogens with one attached hydrogen (secondary N) is 2. The summed E-state index contributed by atoms with van der Waals surface area (Å²) in [5.74, 6) is -0.560. The molecule has 38 heavy (non-hydrogen) atoms. The van der Waals surface area contributed by atoms with Crippen LogP contribution in [-0.4, -0.2) is 52.8 Å². The second-order valence-electron chi connectivity index (χ2n) is 9.35. The first-order chi connectivity index (χ1) is 18.0. The number of nitrogens with zero attached hydrogens (tertiary/aromatic N) is 1. The number of sulfonamides is 1. The van der Waals surface area contributed by atoms with Gasteiger partial charge in [-0.05, 0) is 72.2 Å². The SMILES string of the molecule is CC1(C)SCCN(S(=O)(=O)c2ccc3oc4cc(NC(=O)c5ccccc5Br)ccc4c3c2)C1C(=O)NO. The maximum absolute atomic E-state index is 13.7. The number of hydroxylamine groups is 1. The second-order valence-corrected chi connectivity index (χ2v) is 13.8. The highest BCUT2D eigenvalue weighted by molar-refractivity contribution is 9.10. The van der Waals surface area contributed by atoms with Crippen molar-refractivity contribution in [3.63, 3.8) is 0 Å². The summed E-state index contributed by atoms with van der Waals surface area (Å²) in [5.41, 5.74) is 3.59. The van der Waals surface area contributed by atoms with Gasteiger partial charge in [0.2, 0.25) is 10.0 Å². The molecule has 9 nitrogen and oxygen atoms in total. The number of rotatable bonds is 5. The van der Waals surface area contributed by atoms with Crippen LogP contribution in [0, 0.1) is 0 Å². The van der Waals surface area contributed by atoms with E-state index < -0.39 is 26.7 Å². The van der Waals surface area contributed by atoms with E-state index in [2.05, 4.69) is 21.2 Å². The van der Waals surface area contributed by atoms with Gasteiger partial charge in [-0.2, -0.15) is 16.1 Å². The lowest BCUT2D eigenvalue weighted by molar-refractivity contribution is -0.134. The quantitative estimate of drug-likeness (QED) is 0.212. The summed E-state index contributed by atoms with van der Waals surface area (Å²) in [6, 6.07) is 15.7. The van der Waals surface area contributed by atoms with Gasteiger partial charge in [0, 0.05) is 44.0 Å². The van der Waals surface area contributed by atoms with Crippen molar-refractivity contribution in [1.29, 1.82) is 0 Å². The van der Waals surface area contributed by atoms with Crippen molar-refractivity contribution in [3.05, 3.63) is 70.7 Å². The topological polar surface area (TPSA) is 129 Å². The summed E-state index contributed by atoms with van der Waals surface area (Å²) in [7, 11) is -4.09. The highest BCUT2D eigenvalue weighted by atomic mass is 79.9. The van der Waals surface area contributed by atoms with Crippen molar-refractivity contribution >= 4 is 77.2 Å².